The van der Waals surface area contributed by atoms with Crippen LogP contribution in [-0.4, -0.2) is 62.8 Å². The van der Waals surface area contributed by atoms with Gasteiger partial charge in [0.1, 0.15) is 0 Å². The molecule has 1 saturated heterocycles. The van der Waals surface area contributed by atoms with Crippen LogP contribution in [0.2, 0.25) is 0 Å². The van der Waals surface area contributed by atoms with Crippen LogP contribution in [0.1, 0.15) is 26.2 Å². The Morgan fingerprint density at radius 1 is 1.44 bits per heavy atom. The van der Waals surface area contributed by atoms with Gasteiger partial charge in [0, 0.05) is 20.2 Å². The Balaban J connectivity index is 2.04. The molecule has 1 atom stereocenters. The fraction of sp³-hybridized carbons (Fsp3) is 1.00. The van der Waals surface area contributed by atoms with Crippen LogP contribution in [-0.2, 0) is 4.74 Å². The lowest BCUT2D eigenvalue weighted by molar-refractivity contribution is 0.165. The minimum Gasteiger partial charge on any atom is -0.383 e. The Hall–Kier alpha value is 0.230. The van der Waals surface area contributed by atoms with Crippen LogP contribution in [0.25, 0.3) is 0 Å². The van der Waals surface area contributed by atoms with Gasteiger partial charge in [0.25, 0.3) is 0 Å². The molecule has 3 nitrogen and oxygen atoms in total. The summed E-state index contributed by atoms with van der Waals surface area (Å²) in [5, 5.41) is 3.50. The number of thioether (sulfide) groups is 1. The van der Waals surface area contributed by atoms with Gasteiger partial charge in [-0.05, 0) is 56.3 Å². The summed E-state index contributed by atoms with van der Waals surface area (Å²) in [7, 11) is 1.76. The predicted molar refractivity (Wildman–Crippen MR) is 81.5 cm³/mol. The van der Waals surface area contributed by atoms with Crippen LogP contribution in [0.5, 0.6) is 0 Å². The molecular formula is C14H30N2OS. The molecule has 0 aromatic heterocycles. The van der Waals surface area contributed by atoms with Gasteiger partial charge in [0.15, 0.2) is 0 Å². The van der Waals surface area contributed by atoms with Crippen molar-refractivity contribution in [3.05, 3.63) is 0 Å². The molecule has 0 spiro atoms. The number of piperidine rings is 1. The Morgan fingerprint density at radius 2 is 2.33 bits per heavy atom. The number of nitrogens with one attached hydrogen (secondary N) is 1. The maximum absolute atomic E-state index is 5.05. The minimum absolute atomic E-state index is 0.824. The van der Waals surface area contributed by atoms with Gasteiger partial charge in [-0.1, -0.05) is 6.92 Å². The summed E-state index contributed by atoms with van der Waals surface area (Å²) in [6, 6.07) is 0. The summed E-state index contributed by atoms with van der Waals surface area (Å²) >= 11 is 2.06. The highest BCUT2D eigenvalue weighted by molar-refractivity contribution is 7.99. The van der Waals surface area contributed by atoms with Gasteiger partial charge < -0.3 is 15.0 Å². The van der Waals surface area contributed by atoms with E-state index in [1.165, 1.54) is 50.4 Å². The summed E-state index contributed by atoms with van der Waals surface area (Å²) in [5.41, 5.74) is 0. The van der Waals surface area contributed by atoms with E-state index in [4.69, 9.17) is 4.74 Å². The fourth-order valence-corrected chi connectivity index (χ4v) is 3.16. The Morgan fingerprint density at radius 3 is 3.11 bits per heavy atom. The van der Waals surface area contributed by atoms with Gasteiger partial charge in [0.05, 0.1) is 6.61 Å². The van der Waals surface area contributed by atoms with Crippen molar-refractivity contribution in [2.45, 2.75) is 26.2 Å². The van der Waals surface area contributed by atoms with Crippen LogP contribution in [0.15, 0.2) is 0 Å². The fourth-order valence-electron chi connectivity index (χ4n) is 2.54. The van der Waals surface area contributed by atoms with Crippen molar-refractivity contribution in [3.8, 4) is 0 Å². The molecule has 1 N–H and O–H groups in total. The molecule has 1 aliphatic rings. The average Bonchev–Trinajstić information content (AvgIpc) is 2.40. The second kappa shape index (κ2) is 11.1. The Bertz CT molecular complexity index is 175. The minimum atomic E-state index is 0.824. The van der Waals surface area contributed by atoms with Crippen LogP contribution >= 0.6 is 11.8 Å². The van der Waals surface area contributed by atoms with Crippen molar-refractivity contribution >= 4 is 11.8 Å². The van der Waals surface area contributed by atoms with E-state index >= 15 is 0 Å². The molecule has 1 unspecified atom stereocenters. The number of nitrogens with zero attached hydrogens (tertiary/aromatic N) is 1. The first-order chi connectivity index (χ1) is 8.86. The molecule has 1 aliphatic heterocycles. The molecule has 1 heterocycles. The standard InChI is InChI=1S/C14H30N2OS/c1-3-18-11-5-9-16-8-4-6-14(13-16)12-15-7-10-17-2/h14-15H,3-13H2,1-2H3. The number of rotatable bonds is 10. The van der Waals surface area contributed by atoms with E-state index in [1.807, 2.05) is 0 Å². The van der Waals surface area contributed by atoms with E-state index < -0.39 is 0 Å². The third-order valence-corrected chi connectivity index (χ3v) is 4.47. The lowest BCUT2D eigenvalue weighted by Gasteiger charge is -2.32. The summed E-state index contributed by atoms with van der Waals surface area (Å²) in [6.45, 7) is 9.10. The van der Waals surface area contributed by atoms with Crippen LogP contribution in [0, 0.1) is 5.92 Å². The molecule has 0 saturated carbocycles. The zero-order chi connectivity index (χ0) is 13.1. The van der Waals surface area contributed by atoms with Crippen molar-refractivity contribution in [2.24, 2.45) is 5.92 Å². The van der Waals surface area contributed by atoms with E-state index in [1.54, 1.807) is 7.11 Å². The Kier molecular flexibility index (Phi) is 10.0. The molecule has 4 heteroatoms. The molecule has 0 radical (unpaired) electrons. The summed E-state index contributed by atoms with van der Waals surface area (Å²) in [5.74, 6) is 3.42. The third kappa shape index (κ3) is 7.62. The quantitative estimate of drug-likeness (QED) is 0.617. The largest absolute Gasteiger partial charge is 0.383 e. The van der Waals surface area contributed by atoms with Gasteiger partial charge in [-0.25, -0.2) is 0 Å². The van der Waals surface area contributed by atoms with Gasteiger partial charge in [-0.15, -0.1) is 0 Å². The predicted octanol–water partition coefficient (Wildman–Crippen LogP) is 2.08. The monoisotopic (exact) mass is 274 g/mol. The topological polar surface area (TPSA) is 24.5 Å². The lowest BCUT2D eigenvalue weighted by atomic mass is 9.98. The smallest absolute Gasteiger partial charge is 0.0587 e. The number of hydrogen-bond acceptors (Lipinski definition) is 4. The molecule has 0 bridgehead atoms. The van der Waals surface area contributed by atoms with Crippen molar-refractivity contribution in [3.63, 3.8) is 0 Å². The maximum Gasteiger partial charge on any atom is 0.0587 e. The molecule has 0 aliphatic carbocycles. The molecule has 1 fully saturated rings. The summed E-state index contributed by atoms with van der Waals surface area (Å²) in [6.07, 6.45) is 4.11. The number of ether oxygens (including phenoxy) is 1. The highest BCUT2D eigenvalue weighted by Gasteiger charge is 2.18. The molecule has 0 aromatic carbocycles. The van der Waals surface area contributed by atoms with Gasteiger partial charge in [-0.2, -0.15) is 11.8 Å². The molecule has 1 rings (SSSR count). The van der Waals surface area contributed by atoms with E-state index in [9.17, 15) is 0 Å². The molecule has 0 aromatic rings. The number of hydrogen-bond donors (Lipinski definition) is 1. The first kappa shape index (κ1) is 16.3. The normalized spacial score (nSPS) is 21.3. The van der Waals surface area contributed by atoms with Crippen molar-refractivity contribution in [1.29, 1.82) is 0 Å². The van der Waals surface area contributed by atoms with Crippen LogP contribution in [0.4, 0.5) is 0 Å². The zero-order valence-electron chi connectivity index (χ0n) is 12.1. The summed E-state index contributed by atoms with van der Waals surface area (Å²) in [4.78, 5) is 2.66. The molecule has 18 heavy (non-hydrogen) atoms. The molecule has 108 valence electrons. The van der Waals surface area contributed by atoms with Gasteiger partial charge in [-0.3, -0.25) is 0 Å². The van der Waals surface area contributed by atoms with Crippen LogP contribution in [0.3, 0.4) is 0 Å². The highest BCUT2D eigenvalue weighted by atomic mass is 32.2. The van der Waals surface area contributed by atoms with E-state index in [-0.39, 0.29) is 0 Å². The average molecular weight is 274 g/mol. The molecule has 0 amide bonds. The number of likely N-dealkylation sites (tertiary alicyclic amines) is 1. The maximum atomic E-state index is 5.05. The van der Waals surface area contributed by atoms with Crippen molar-refractivity contribution in [2.75, 3.05) is 57.9 Å². The van der Waals surface area contributed by atoms with Crippen molar-refractivity contribution < 1.29 is 4.74 Å². The van der Waals surface area contributed by atoms with E-state index in [2.05, 4.69) is 28.9 Å². The second-order valence-corrected chi connectivity index (χ2v) is 6.45. The SMILES string of the molecule is CCSCCCN1CCCC(CNCCOC)C1. The van der Waals surface area contributed by atoms with E-state index in [0.29, 0.717) is 0 Å². The summed E-state index contributed by atoms with van der Waals surface area (Å²) < 4.78 is 5.05. The first-order valence-corrected chi connectivity index (χ1v) is 8.52. The number of methoxy groups -OCH3 is 1. The van der Waals surface area contributed by atoms with Gasteiger partial charge in [0.2, 0.25) is 0 Å². The highest BCUT2D eigenvalue weighted by Crippen LogP contribution is 2.16. The lowest BCUT2D eigenvalue weighted by Crippen LogP contribution is -2.40. The van der Waals surface area contributed by atoms with Crippen LogP contribution < -0.4 is 5.32 Å². The van der Waals surface area contributed by atoms with E-state index in [0.717, 1.165) is 25.6 Å². The zero-order valence-corrected chi connectivity index (χ0v) is 12.9. The third-order valence-electron chi connectivity index (χ3n) is 3.49. The first-order valence-electron chi connectivity index (χ1n) is 7.36. The van der Waals surface area contributed by atoms with Gasteiger partial charge >= 0.3 is 0 Å². The molecular weight excluding hydrogens is 244 g/mol. The Labute approximate surface area is 117 Å². The second-order valence-electron chi connectivity index (χ2n) is 5.06. The van der Waals surface area contributed by atoms with Crippen molar-refractivity contribution in [1.82, 2.24) is 10.2 Å².